The normalized spacial score (nSPS) is 49.0. The summed E-state index contributed by atoms with van der Waals surface area (Å²) in [6.07, 6.45) is 9.62. The lowest BCUT2D eigenvalue weighted by molar-refractivity contribution is -0.157. The Morgan fingerprint density at radius 3 is 2.17 bits per heavy atom. The van der Waals surface area contributed by atoms with Crippen molar-refractivity contribution in [1.82, 2.24) is 0 Å². The summed E-state index contributed by atoms with van der Waals surface area (Å²) in [7, 11) is 0. The molecule has 2 bridgehead atoms. The maximum absolute atomic E-state index is 13.1. The van der Waals surface area contributed by atoms with Gasteiger partial charge in [-0.15, -0.1) is 0 Å². The monoisotopic (exact) mass is 330 g/mol. The third kappa shape index (κ3) is 2.42. The fourth-order valence-corrected chi connectivity index (χ4v) is 7.01. The van der Waals surface area contributed by atoms with E-state index in [1.807, 2.05) is 0 Å². The van der Waals surface area contributed by atoms with E-state index in [-0.39, 0.29) is 28.1 Å². The first kappa shape index (κ1) is 16.5. The van der Waals surface area contributed by atoms with Crippen molar-refractivity contribution in [3.05, 3.63) is 0 Å². The number of carbonyl (C=O) groups is 3. The number of hydrogen-bond donors (Lipinski definition) is 0. The van der Waals surface area contributed by atoms with Crippen molar-refractivity contribution in [3.8, 4) is 0 Å². The first-order valence-corrected chi connectivity index (χ1v) is 9.83. The summed E-state index contributed by atoms with van der Waals surface area (Å²) >= 11 is 0. The summed E-state index contributed by atoms with van der Waals surface area (Å²) in [6, 6.07) is 0. The van der Waals surface area contributed by atoms with E-state index < -0.39 is 0 Å². The van der Waals surface area contributed by atoms with Crippen LogP contribution in [-0.2, 0) is 14.4 Å². The number of carbonyl (C=O) groups excluding carboxylic acids is 3. The van der Waals surface area contributed by atoms with Crippen molar-refractivity contribution in [2.45, 2.75) is 84.5 Å². The molecule has 0 N–H and O–H groups in total. The maximum Gasteiger partial charge on any atom is 0.137 e. The van der Waals surface area contributed by atoms with Crippen LogP contribution in [-0.4, -0.2) is 17.3 Å². The number of hydrogen-bond acceptors (Lipinski definition) is 3. The van der Waals surface area contributed by atoms with Gasteiger partial charge in [0.25, 0.3) is 0 Å². The molecular formula is C21H30O3. The summed E-state index contributed by atoms with van der Waals surface area (Å²) in [5.41, 5.74) is -0.0514. The fraction of sp³-hybridized carbons (Fsp3) is 0.857. The molecule has 5 saturated carbocycles. The minimum absolute atomic E-state index is 0.0377. The van der Waals surface area contributed by atoms with Gasteiger partial charge in [-0.3, -0.25) is 14.4 Å². The van der Waals surface area contributed by atoms with Crippen LogP contribution in [0.2, 0.25) is 0 Å². The van der Waals surface area contributed by atoms with Crippen LogP contribution in [0, 0.1) is 28.1 Å². The Balaban J connectivity index is 1.56. The highest BCUT2D eigenvalue weighted by Gasteiger charge is 2.59. The third-order valence-corrected chi connectivity index (χ3v) is 8.04. The van der Waals surface area contributed by atoms with Gasteiger partial charge in [-0.25, -0.2) is 0 Å². The second kappa shape index (κ2) is 5.25. The highest BCUT2D eigenvalue weighted by Crippen LogP contribution is 2.63. The average molecular weight is 330 g/mol. The van der Waals surface area contributed by atoms with Crippen LogP contribution >= 0.6 is 0 Å². The minimum atomic E-state index is -0.129. The SMILES string of the molecule is CC12CCC(C(=O)C1)C1(CCC(C3(C)CCCC(=O)C3)C(=O)C1)C2. The molecule has 5 unspecified atom stereocenters. The van der Waals surface area contributed by atoms with E-state index in [2.05, 4.69) is 13.8 Å². The van der Waals surface area contributed by atoms with Crippen LogP contribution in [0.4, 0.5) is 0 Å². The fourth-order valence-electron chi connectivity index (χ4n) is 7.01. The Bertz CT molecular complexity index is 608. The zero-order valence-electron chi connectivity index (χ0n) is 15.2. The second-order valence-electron chi connectivity index (χ2n) is 10.0. The molecule has 0 radical (unpaired) electrons. The molecule has 0 heterocycles. The van der Waals surface area contributed by atoms with Gasteiger partial charge in [0.05, 0.1) is 0 Å². The van der Waals surface area contributed by atoms with Crippen molar-refractivity contribution in [1.29, 1.82) is 0 Å². The van der Waals surface area contributed by atoms with Crippen LogP contribution < -0.4 is 0 Å². The van der Waals surface area contributed by atoms with E-state index in [0.29, 0.717) is 36.6 Å². The Labute approximate surface area is 144 Å². The smallest absolute Gasteiger partial charge is 0.137 e. The lowest BCUT2D eigenvalue weighted by atomic mass is 9.44. The van der Waals surface area contributed by atoms with E-state index >= 15 is 0 Å². The second-order valence-corrected chi connectivity index (χ2v) is 10.0. The van der Waals surface area contributed by atoms with Gasteiger partial charge in [-0.05, 0) is 61.2 Å². The summed E-state index contributed by atoms with van der Waals surface area (Å²) in [5.74, 6) is 1.26. The average Bonchev–Trinajstić information content (AvgIpc) is 2.45. The van der Waals surface area contributed by atoms with Crippen LogP contribution in [0.5, 0.6) is 0 Å². The maximum atomic E-state index is 13.1. The zero-order chi connectivity index (χ0) is 17.2. The molecular weight excluding hydrogens is 300 g/mol. The molecule has 132 valence electrons. The molecule has 0 saturated heterocycles. The molecule has 5 aliphatic rings. The van der Waals surface area contributed by atoms with Gasteiger partial charge in [-0.2, -0.15) is 0 Å². The van der Waals surface area contributed by atoms with Gasteiger partial charge in [0.15, 0.2) is 0 Å². The molecule has 0 aromatic heterocycles. The zero-order valence-corrected chi connectivity index (χ0v) is 15.2. The van der Waals surface area contributed by atoms with E-state index in [4.69, 9.17) is 0 Å². The largest absolute Gasteiger partial charge is 0.300 e. The van der Waals surface area contributed by atoms with Gasteiger partial charge in [0.1, 0.15) is 17.3 Å². The summed E-state index contributed by atoms with van der Waals surface area (Å²) in [5, 5.41) is 0. The van der Waals surface area contributed by atoms with Crippen molar-refractivity contribution in [2.24, 2.45) is 28.1 Å². The first-order valence-electron chi connectivity index (χ1n) is 9.83. The number of rotatable bonds is 1. The predicted octanol–water partition coefficient (Wildman–Crippen LogP) is 4.27. The van der Waals surface area contributed by atoms with Gasteiger partial charge < -0.3 is 0 Å². The molecule has 5 fully saturated rings. The molecule has 0 amide bonds. The molecule has 1 spiro atoms. The van der Waals surface area contributed by atoms with Crippen molar-refractivity contribution in [2.75, 3.05) is 0 Å². The highest BCUT2D eigenvalue weighted by atomic mass is 16.1. The van der Waals surface area contributed by atoms with Gasteiger partial charge >= 0.3 is 0 Å². The van der Waals surface area contributed by atoms with Crippen molar-refractivity contribution >= 4 is 17.3 Å². The molecule has 5 atom stereocenters. The molecule has 0 aromatic rings. The molecule has 5 rings (SSSR count). The highest BCUT2D eigenvalue weighted by molar-refractivity contribution is 5.89. The van der Waals surface area contributed by atoms with Gasteiger partial charge in [0, 0.05) is 37.5 Å². The first-order chi connectivity index (χ1) is 11.3. The summed E-state index contributed by atoms with van der Waals surface area (Å²) in [4.78, 5) is 37.7. The van der Waals surface area contributed by atoms with Crippen LogP contribution in [0.3, 0.4) is 0 Å². The number of Topliss-reactive ketones (excluding diaryl/α,β-unsaturated/α-hetero) is 3. The summed E-state index contributed by atoms with van der Waals surface area (Å²) < 4.78 is 0. The molecule has 3 heteroatoms. The van der Waals surface area contributed by atoms with E-state index in [0.717, 1.165) is 51.4 Å². The summed E-state index contributed by atoms with van der Waals surface area (Å²) in [6.45, 7) is 4.41. The quantitative estimate of drug-likeness (QED) is 0.721. The van der Waals surface area contributed by atoms with Gasteiger partial charge in [0.2, 0.25) is 0 Å². The van der Waals surface area contributed by atoms with E-state index in [1.54, 1.807) is 0 Å². The minimum Gasteiger partial charge on any atom is -0.300 e. The Hall–Kier alpha value is -0.990. The molecule has 24 heavy (non-hydrogen) atoms. The van der Waals surface area contributed by atoms with E-state index in [9.17, 15) is 14.4 Å². The van der Waals surface area contributed by atoms with Crippen molar-refractivity contribution in [3.63, 3.8) is 0 Å². The number of ketones is 3. The molecule has 0 aromatic carbocycles. The number of fused-ring (bicyclic) bond motifs is 2. The van der Waals surface area contributed by atoms with E-state index in [1.165, 1.54) is 0 Å². The Morgan fingerprint density at radius 2 is 1.54 bits per heavy atom. The Kier molecular flexibility index (Phi) is 3.61. The van der Waals surface area contributed by atoms with Crippen LogP contribution in [0.15, 0.2) is 0 Å². The lowest BCUT2D eigenvalue weighted by Crippen LogP contribution is -2.55. The van der Waals surface area contributed by atoms with Crippen LogP contribution in [0.1, 0.15) is 84.5 Å². The lowest BCUT2D eigenvalue weighted by Gasteiger charge is -2.58. The third-order valence-electron chi connectivity index (χ3n) is 8.04. The standard InChI is InChI=1S/C21H30O3/c1-19-8-5-16(17(23)11-19)21(13-19)9-6-15(18(24)12-21)20(2)7-3-4-14(22)10-20/h15-16H,3-13H2,1-2H3. The molecule has 5 aliphatic carbocycles. The van der Waals surface area contributed by atoms with Crippen molar-refractivity contribution < 1.29 is 14.4 Å². The molecule has 0 aliphatic heterocycles. The Morgan fingerprint density at radius 1 is 0.833 bits per heavy atom. The van der Waals surface area contributed by atoms with Crippen LogP contribution in [0.25, 0.3) is 0 Å². The topological polar surface area (TPSA) is 51.2 Å². The molecule has 3 nitrogen and oxygen atoms in total. The van der Waals surface area contributed by atoms with Gasteiger partial charge in [-0.1, -0.05) is 13.8 Å². The predicted molar refractivity (Wildman–Crippen MR) is 91.4 cm³/mol.